The fourth-order valence-electron chi connectivity index (χ4n) is 1.48. The van der Waals surface area contributed by atoms with Crippen LogP contribution in [0.4, 0.5) is 13.2 Å². The molecule has 1 aromatic heterocycles. The lowest BCUT2D eigenvalue weighted by Gasteiger charge is -2.16. The average Bonchev–Trinajstić information content (AvgIpc) is 2.83. The van der Waals surface area contributed by atoms with Gasteiger partial charge in [-0.15, -0.1) is 11.3 Å². The van der Waals surface area contributed by atoms with Crippen molar-refractivity contribution in [3.63, 3.8) is 0 Å². The van der Waals surface area contributed by atoms with Gasteiger partial charge in [0.2, 0.25) is 0 Å². The zero-order valence-electron chi connectivity index (χ0n) is 11.1. The minimum absolute atomic E-state index is 0.222. The lowest BCUT2D eigenvalue weighted by molar-refractivity contribution is -0.137. The van der Waals surface area contributed by atoms with Gasteiger partial charge in [0, 0.05) is 17.7 Å². The Bertz CT molecular complexity index is 368. The SMILES string of the molecule is CCCNC(COCCC)c1cnc(C(F)(F)F)s1. The summed E-state index contributed by atoms with van der Waals surface area (Å²) < 4.78 is 43.0. The van der Waals surface area contributed by atoms with E-state index in [1.807, 2.05) is 13.8 Å². The van der Waals surface area contributed by atoms with E-state index in [0.29, 0.717) is 29.4 Å². The summed E-state index contributed by atoms with van der Waals surface area (Å²) in [6.07, 6.45) is -1.29. The Hall–Kier alpha value is -0.660. The van der Waals surface area contributed by atoms with Gasteiger partial charge in [-0.2, -0.15) is 13.2 Å². The van der Waals surface area contributed by atoms with E-state index in [1.54, 1.807) is 0 Å². The van der Waals surface area contributed by atoms with Crippen molar-refractivity contribution in [3.05, 3.63) is 16.1 Å². The molecule has 0 saturated heterocycles. The van der Waals surface area contributed by atoms with Gasteiger partial charge in [0.05, 0.1) is 12.6 Å². The van der Waals surface area contributed by atoms with Crippen LogP contribution in [0.5, 0.6) is 0 Å². The van der Waals surface area contributed by atoms with Gasteiger partial charge in [-0.05, 0) is 19.4 Å². The molecule has 0 saturated carbocycles. The van der Waals surface area contributed by atoms with E-state index in [2.05, 4.69) is 10.3 Å². The molecule has 1 N–H and O–H groups in total. The minimum atomic E-state index is -4.37. The van der Waals surface area contributed by atoms with Crippen LogP contribution >= 0.6 is 11.3 Å². The molecule has 0 aliphatic rings. The van der Waals surface area contributed by atoms with Crippen LogP contribution in [-0.2, 0) is 10.9 Å². The van der Waals surface area contributed by atoms with E-state index >= 15 is 0 Å². The molecule has 1 rings (SSSR count). The van der Waals surface area contributed by atoms with Crippen molar-refractivity contribution in [2.75, 3.05) is 19.8 Å². The Kier molecular flexibility index (Phi) is 6.74. The second-order valence-electron chi connectivity index (χ2n) is 4.15. The van der Waals surface area contributed by atoms with Crippen molar-refractivity contribution >= 4 is 11.3 Å². The molecule has 19 heavy (non-hydrogen) atoms. The molecule has 7 heteroatoms. The molecule has 110 valence electrons. The molecule has 0 aliphatic heterocycles. The van der Waals surface area contributed by atoms with Gasteiger partial charge in [0.1, 0.15) is 0 Å². The Balaban J connectivity index is 2.70. The first-order valence-electron chi connectivity index (χ1n) is 6.33. The molecule has 0 amide bonds. The highest BCUT2D eigenvalue weighted by molar-refractivity contribution is 7.11. The summed E-state index contributed by atoms with van der Waals surface area (Å²) in [5.41, 5.74) is 0. The predicted molar refractivity (Wildman–Crippen MR) is 69.3 cm³/mol. The summed E-state index contributed by atoms with van der Waals surface area (Å²) in [7, 11) is 0. The minimum Gasteiger partial charge on any atom is -0.379 e. The number of aromatic nitrogens is 1. The molecule has 0 fully saturated rings. The lowest BCUT2D eigenvalue weighted by Crippen LogP contribution is -2.25. The predicted octanol–water partition coefficient (Wildman–Crippen LogP) is 3.63. The largest absolute Gasteiger partial charge is 0.443 e. The maximum absolute atomic E-state index is 12.5. The van der Waals surface area contributed by atoms with Crippen LogP contribution in [0.25, 0.3) is 0 Å². The second kappa shape index (κ2) is 7.81. The highest BCUT2D eigenvalue weighted by atomic mass is 32.1. The van der Waals surface area contributed by atoms with Crippen molar-refractivity contribution < 1.29 is 17.9 Å². The van der Waals surface area contributed by atoms with E-state index in [1.165, 1.54) is 6.20 Å². The third-order valence-corrected chi connectivity index (χ3v) is 3.54. The zero-order chi connectivity index (χ0) is 14.3. The Morgan fingerprint density at radius 2 is 2.11 bits per heavy atom. The van der Waals surface area contributed by atoms with Gasteiger partial charge in [-0.1, -0.05) is 13.8 Å². The molecule has 1 aromatic rings. The van der Waals surface area contributed by atoms with Crippen molar-refractivity contribution in [1.29, 1.82) is 0 Å². The van der Waals surface area contributed by atoms with Crippen LogP contribution in [0, 0.1) is 0 Å². The van der Waals surface area contributed by atoms with Crippen LogP contribution in [0.3, 0.4) is 0 Å². The van der Waals surface area contributed by atoms with Gasteiger partial charge in [0.25, 0.3) is 0 Å². The maximum Gasteiger partial charge on any atom is 0.443 e. The number of nitrogens with one attached hydrogen (secondary N) is 1. The first-order valence-corrected chi connectivity index (χ1v) is 7.14. The van der Waals surface area contributed by atoms with E-state index < -0.39 is 11.2 Å². The van der Waals surface area contributed by atoms with Crippen molar-refractivity contribution in [3.8, 4) is 0 Å². The lowest BCUT2D eigenvalue weighted by atomic mass is 10.2. The summed E-state index contributed by atoms with van der Waals surface area (Å²) in [4.78, 5) is 4.01. The molecule has 0 aromatic carbocycles. The summed E-state index contributed by atoms with van der Waals surface area (Å²) in [5, 5.41) is 2.38. The molecule has 0 bridgehead atoms. The fraction of sp³-hybridized carbons (Fsp3) is 0.750. The summed E-state index contributed by atoms with van der Waals surface area (Å²) >= 11 is 0.678. The van der Waals surface area contributed by atoms with Crippen LogP contribution in [-0.4, -0.2) is 24.7 Å². The molecule has 1 unspecified atom stereocenters. The normalized spacial score (nSPS) is 13.7. The molecule has 3 nitrogen and oxygen atoms in total. The quantitative estimate of drug-likeness (QED) is 0.744. The monoisotopic (exact) mass is 296 g/mol. The number of hydrogen-bond donors (Lipinski definition) is 1. The van der Waals surface area contributed by atoms with Crippen LogP contribution < -0.4 is 5.32 Å². The maximum atomic E-state index is 12.5. The summed E-state index contributed by atoms with van der Waals surface area (Å²) in [5.74, 6) is 0. The number of rotatable bonds is 8. The molecule has 0 aliphatic carbocycles. The van der Waals surface area contributed by atoms with E-state index in [9.17, 15) is 13.2 Å². The van der Waals surface area contributed by atoms with Gasteiger partial charge >= 0.3 is 6.18 Å². The second-order valence-corrected chi connectivity index (χ2v) is 5.21. The standard InChI is InChI=1S/C12H19F3N2OS/c1-3-5-16-9(8-18-6-4-2)10-7-17-11(19-10)12(13,14)15/h7,9,16H,3-6,8H2,1-2H3. The topological polar surface area (TPSA) is 34.1 Å². The van der Waals surface area contributed by atoms with Crippen LogP contribution in [0.2, 0.25) is 0 Å². The summed E-state index contributed by atoms with van der Waals surface area (Å²) in [6, 6.07) is -0.222. The number of halogens is 3. The van der Waals surface area contributed by atoms with Gasteiger partial charge in [0.15, 0.2) is 5.01 Å². The number of alkyl halides is 3. The Morgan fingerprint density at radius 1 is 1.37 bits per heavy atom. The third-order valence-electron chi connectivity index (χ3n) is 2.38. The van der Waals surface area contributed by atoms with Crippen molar-refractivity contribution in [1.82, 2.24) is 10.3 Å². The highest BCUT2D eigenvalue weighted by Crippen LogP contribution is 2.34. The van der Waals surface area contributed by atoms with E-state index in [-0.39, 0.29) is 6.04 Å². The fourth-order valence-corrected chi connectivity index (χ4v) is 2.33. The summed E-state index contributed by atoms with van der Waals surface area (Å²) in [6.45, 7) is 5.70. The van der Waals surface area contributed by atoms with Crippen molar-refractivity contribution in [2.45, 2.75) is 38.9 Å². The highest BCUT2D eigenvalue weighted by Gasteiger charge is 2.35. The van der Waals surface area contributed by atoms with Crippen molar-refractivity contribution in [2.24, 2.45) is 0 Å². The third kappa shape index (κ3) is 5.46. The number of thiazole rings is 1. The first kappa shape index (κ1) is 16.4. The Labute approximate surface area is 115 Å². The molecule has 0 radical (unpaired) electrons. The van der Waals surface area contributed by atoms with E-state index in [4.69, 9.17) is 4.74 Å². The van der Waals surface area contributed by atoms with Gasteiger partial charge < -0.3 is 10.1 Å². The number of nitrogens with zero attached hydrogens (tertiary/aromatic N) is 1. The zero-order valence-corrected chi connectivity index (χ0v) is 11.9. The smallest absolute Gasteiger partial charge is 0.379 e. The molecular weight excluding hydrogens is 277 g/mol. The Morgan fingerprint density at radius 3 is 2.63 bits per heavy atom. The number of ether oxygens (including phenoxy) is 1. The van der Waals surface area contributed by atoms with Gasteiger partial charge in [-0.25, -0.2) is 4.98 Å². The van der Waals surface area contributed by atoms with Gasteiger partial charge in [-0.3, -0.25) is 0 Å². The first-order chi connectivity index (χ1) is 8.99. The number of hydrogen-bond acceptors (Lipinski definition) is 4. The molecule has 1 heterocycles. The average molecular weight is 296 g/mol. The molecule has 0 spiro atoms. The molecule has 1 atom stereocenters. The van der Waals surface area contributed by atoms with E-state index in [0.717, 1.165) is 19.4 Å². The van der Waals surface area contributed by atoms with Crippen LogP contribution in [0.15, 0.2) is 6.20 Å². The molecular formula is C12H19F3N2OS. The van der Waals surface area contributed by atoms with Crippen LogP contribution in [0.1, 0.15) is 42.6 Å².